The van der Waals surface area contributed by atoms with Crippen molar-refractivity contribution in [2.24, 2.45) is 0 Å². The van der Waals surface area contributed by atoms with Crippen molar-refractivity contribution >= 4 is 67.1 Å². The van der Waals surface area contributed by atoms with Gasteiger partial charge in [0.25, 0.3) is 0 Å². The molecule has 0 heterocycles. The molecule has 0 spiro atoms. The Morgan fingerprint density at radius 2 is 2.27 bits per heavy atom. The van der Waals surface area contributed by atoms with E-state index in [4.69, 9.17) is 4.52 Å². The van der Waals surface area contributed by atoms with Gasteiger partial charge in [-0.05, 0) is 0 Å². The van der Waals surface area contributed by atoms with E-state index >= 15 is 0 Å². The third kappa shape index (κ3) is 10.6. The van der Waals surface area contributed by atoms with E-state index in [1.54, 1.807) is 0 Å². The Bertz CT molecular complexity index is 212. The predicted molar refractivity (Wildman–Crippen MR) is 70.8 cm³/mol. The van der Waals surface area contributed by atoms with Crippen LogP contribution in [0.4, 0.5) is 0 Å². The van der Waals surface area contributed by atoms with E-state index in [2.05, 4.69) is 29.9 Å². The predicted octanol–water partition coefficient (Wildman–Crippen LogP) is 6.24. The molecular formula is C2H7OP7S. The maximum atomic E-state index is 5.36. The van der Waals surface area contributed by atoms with Crippen LogP contribution in [-0.2, 0) is 4.52 Å². The van der Waals surface area contributed by atoms with Crippen LogP contribution in [0.2, 0.25) is 0 Å². The van der Waals surface area contributed by atoms with Crippen LogP contribution in [0, 0.1) is 0 Å². The van der Waals surface area contributed by atoms with Crippen LogP contribution < -0.4 is 0 Å². The third-order valence-corrected chi connectivity index (χ3v) is 16.5. The normalized spacial score (nSPS) is 16.0. The van der Waals surface area contributed by atoms with Crippen molar-refractivity contribution in [2.75, 3.05) is 0 Å². The zero-order valence-electron chi connectivity index (χ0n) is 5.69. The van der Waals surface area contributed by atoms with E-state index in [-0.39, 0.29) is 5.44 Å². The van der Waals surface area contributed by atoms with Crippen molar-refractivity contribution in [3.63, 3.8) is 0 Å². The van der Waals surface area contributed by atoms with Gasteiger partial charge in [-0.2, -0.15) is 0 Å². The SMILES string of the molecule is CC(S)OP(#P)P=PP=PP. The molecule has 0 aliphatic heterocycles. The Kier molecular flexibility index (Phi) is 11.5. The number of rotatable bonds is 2. The van der Waals surface area contributed by atoms with Crippen molar-refractivity contribution in [3.8, 4) is 0 Å². The first-order chi connectivity index (χ1) is 5.16. The summed E-state index contributed by atoms with van der Waals surface area (Å²) in [6.45, 7) is 1.34. The van der Waals surface area contributed by atoms with Crippen LogP contribution in [0.3, 0.4) is 0 Å². The molecule has 0 aromatic rings. The minimum atomic E-state index is -0.574. The van der Waals surface area contributed by atoms with Gasteiger partial charge >= 0.3 is 83.9 Å². The first kappa shape index (κ1) is 13.7. The maximum absolute atomic E-state index is 5.36. The molecule has 11 heavy (non-hydrogen) atoms. The molecular weight excluding hydrogens is 289 g/mol. The number of hydrogen-bond acceptors (Lipinski definition) is 2. The van der Waals surface area contributed by atoms with Crippen LogP contribution in [0.25, 0.3) is 0 Å². The average molecular weight is 296 g/mol. The van der Waals surface area contributed by atoms with Crippen molar-refractivity contribution in [1.82, 2.24) is 0 Å². The van der Waals surface area contributed by atoms with Gasteiger partial charge in [-0.25, -0.2) is 0 Å². The van der Waals surface area contributed by atoms with Gasteiger partial charge < -0.3 is 0 Å². The fraction of sp³-hybridized carbons (Fsp3) is 1.00. The molecule has 0 fully saturated rings. The third-order valence-electron chi connectivity index (χ3n) is 0.455. The molecule has 0 aliphatic rings. The van der Waals surface area contributed by atoms with E-state index in [1.165, 1.54) is 30.2 Å². The summed E-state index contributed by atoms with van der Waals surface area (Å²) >= 11 is 4.11. The van der Waals surface area contributed by atoms with Gasteiger partial charge in [-0.1, -0.05) is 0 Å². The second-order valence-corrected chi connectivity index (χ2v) is 15.9. The molecule has 0 aromatic carbocycles. The first-order valence-corrected chi connectivity index (χ1v) is 13.5. The molecule has 1 nitrogen and oxygen atoms in total. The summed E-state index contributed by atoms with van der Waals surface area (Å²) in [4.78, 5) is 0. The molecule has 62 valence electrons. The number of hydrogen-bond donors (Lipinski definition) is 1. The fourth-order valence-corrected chi connectivity index (χ4v) is 18.2. The van der Waals surface area contributed by atoms with E-state index in [1.807, 2.05) is 6.92 Å². The Hall–Kier alpha value is 2.67. The Morgan fingerprint density at radius 1 is 1.64 bits per heavy atom. The van der Waals surface area contributed by atoms with Gasteiger partial charge in [0.1, 0.15) is 0 Å². The van der Waals surface area contributed by atoms with Gasteiger partial charge in [0.15, 0.2) is 0 Å². The summed E-state index contributed by atoms with van der Waals surface area (Å²) in [5, 5.41) is 0. The van der Waals surface area contributed by atoms with Gasteiger partial charge in [-0.15, -0.1) is 0 Å². The van der Waals surface area contributed by atoms with Gasteiger partial charge in [-0.3, -0.25) is 0 Å². The summed E-state index contributed by atoms with van der Waals surface area (Å²) in [6.07, 6.45) is 0. The van der Waals surface area contributed by atoms with E-state index < -0.39 is 6.94 Å². The fourth-order valence-electron chi connectivity index (χ4n) is 0.233. The molecule has 0 saturated heterocycles. The molecule has 0 N–H and O–H groups in total. The average Bonchev–Trinajstić information content (AvgIpc) is 1.86. The molecule has 0 aliphatic carbocycles. The molecule has 0 rings (SSSR count). The molecule has 3 atom stereocenters. The van der Waals surface area contributed by atoms with Crippen molar-refractivity contribution in [1.29, 1.82) is 0 Å². The van der Waals surface area contributed by atoms with Gasteiger partial charge in [0.05, 0.1) is 0 Å². The molecule has 9 heteroatoms. The van der Waals surface area contributed by atoms with Crippen LogP contribution in [0.5, 0.6) is 0 Å². The molecule has 3 unspecified atom stereocenters. The zero-order chi connectivity index (χ0) is 8.69. The molecule has 0 radical (unpaired) electrons. The Balaban J connectivity index is 3.72. The topological polar surface area (TPSA) is 9.23 Å². The molecule has 0 amide bonds. The molecule has 0 saturated carbocycles. The van der Waals surface area contributed by atoms with E-state index in [9.17, 15) is 0 Å². The molecule has 0 bridgehead atoms. The van der Waals surface area contributed by atoms with Gasteiger partial charge in [0.2, 0.25) is 0 Å². The number of thiol groups is 1. The summed E-state index contributed by atoms with van der Waals surface area (Å²) in [5.41, 5.74) is 0.00605. The monoisotopic (exact) mass is 296 g/mol. The van der Waals surface area contributed by atoms with E-state index in [0.29, 0.717) is 0 Å². The standard InChI is InChI=1S/C2H7OP7S/c1-2(11)3-10(5)9-8-7-6-4/h2,11H,4H2,1H3. The quantitative estimate of drug-likeness (QED) is 0.360. The van der Waals surface area contributed by atoms with Crippen LogP contribution in [0.1, 0.15) is 6.92 Å². The van der Waals surface area contributed by atoms with Crippen molar-refractivity contribution in [2.45, 2.75) is 12.4 Å². The van der Waals surface area contributed by atoms with Crippen LogP contribution in [0.15, 0.2) is 0 Å². The first-order valence-electron chi connectivity index (χ1n) is 2.51. The Labute approximate surface area is 83.9 Å². The van der Waals surface area contributed by atoms with Gasteiger partial charge in [0, 0.05) is 0 Å². The zero-order valence-corrected chi connectivity index (χ0v) is 13.1. The molecule has 0 aromatic heterocycles. The van der Waals surface area contributed by atoms with Crippen LogP contribution in [-0.4, -0.2) is 5.44 Å². The van der Waals surface area contributed by atoms with E-state index in [0.717, 1.165) is 0 Å². The Morgan fingerprint density at radius 3 is 2.73 bits per heavy atom. The van der Waals surface area contributed by atoms with Crippen molar-refractivity contribution in [3.05, 3.63) is 0 Å². The minimum absolute atomic E-state index is 0.00605. The second-order valence-electron chi connectivity index (χ2n) is 1.34. The van der Waals surface area contributed by atoms with Crippen LogP contribution >= 0.6 is 67.1 Å². The summed E-state index contributed by atoms with van der Waals surface area (Å²) < 4.78 is 5.36. The van der Waals surface area contributed by atoms with Crippen molar-refractivity contribution < 1.29 is 4.52 Å². The summed E-state index contributed by atoms with van der Waals surface area (Å²) in [5.74, 6) is 0. The summed E-state index contributed by atoms with van der Waals surface area (Å²) in [7, 11) is 12.3. The summed E-state index contributed by atoms with van der Waals surface area (Å²) in [6, 6.07) is 0. The second kappa shape index (κ2) is 9.23.